The summed E-state index contributed by atoms with van der Waals surface area (Å²) in [6.45, 7) is 1.22. The van der Waals surface area contributed by atoms with Crippen LogP contribution in [0.5, 0.6) is 5.75 Å². The number of nitrogens with zero attached hydrogens (tertiary/aromatic N) is 1. The van der Waals surface area contributed by atoms with E-state index in [2.05, 4.69) is 5.32 Å². The van der Waals surface area contributed by atoms with Crippen LogP contribution in [0.3, 0.4) is 0 Å². The van der Waals surface area contributed by atoms with Crippen LogP contribution in [0.2, 0.25) is 0 Å². The summed E-state index contributed by atoms with van der Waals surface area (Å²) in [5.41, 5.74) is 6.29. The topological polar surface area (TPSA) is 67.6 Å². The van der Waals surface area contributed by atoms with Crippen molar-refractivity contribution in [3.63, 3.8) is 0 Å². The van der Waals surface area contributed by atoms with Crippen molar-refractivity contribution in [2.24, 2.45) is 5.73 Å². The molecule has 16 heavy (non-hydrogen) atoms. The van der Waals surface area contributed by atoms with Crippen LogP contribution in [0.4, 0.5) is 10.5 Å². The van der Waals surface area contributed by atoms with Gasteiger partial charge >= 0.3 is 6.03 Å². The van der Waals surface area contributed by atoms with Crippen molar-refractivity contribution in [1.29, 1.82) is 0 Å². The second-order valence-corrected chi connectivity index (χ2v) is 3.80. The number of carbonyl (C=O) groups excluding carboxylic acids is 1. The van der Waals surface area contributed by atoms with Gasteiger partial charge in [-0.15, -0.1) is 0 Å². The minimum atomic E-state index is -0.133. The van der Waals surface area contributed by atoms with Gasteiger partial charge in [-0.1, -0.05) is 12.1 Å². The number of nitrogens with one attached hydrogen (secondary N) is 1. The summed E-state index contributed by atoms with van der Waals surface area (Å²) < 4.78 is 5.14. The predicted molar refractivity (Wildman–Crippen MR) is 61.6 cm³/mol. The van der Waals surface area contributed by atoms with E-state index in [4.69, 9.17) is 10.5 Å². The molecule has 0 aromatic heterocycles. The molecule has 5 heteroatoms. The van der Waals surface area contributed by atoms with Gasteiger partial charge in [-0.3, -0.25) is 0 Å². The summed E-state index contributed by atoms with van der Waals surface area (Å²) in [6, 6.07) is 7.29. The fourth-order valence-corrected chi connectivity index (χ4v) is 1.62. The number of carbonyl (C=O) groups is 1. The number of nitrogens with two attached hydrogens (primary N) is 1. The molecule has 1 aliphatic heterocycles. The average Bonchev–Trinajstić information content (AvgIpc) is 2.25. The van der Waals surface area contributed by atoms with Gasteiger partial charge < -0.3 is 20.7 Å². The standard InChI is InChI=1S/C11H15N3O2/c1-16-10-5-3-2-4-9(10)13-11(15)14-6-8(12)7-14/h2-5,8H,6-7,12H2,1H3,(H,13,15). The van der Waals surface area contributed by atoms with E-state index < -0.39 is 0 Å². The fraction of sp³-hybridized carbons (Fsp3) is 0.364. The predicted octanol–water partition coefficient (Wildman–Crippen LogP) is 0.870. The van der Waals surface area contributed by atoms with E-state index in [9.17, 15) is 4.79 Å². The van der Waals surface area contributed by atoms with Gasteiger partial charge in [-0.05, 0) is 12.1 Å². The first-order chi connectivity index (χ1) is 7.70. The quantitative estimate of drug-likeness (QED) is 0.778. The summed E-state index contributed by atoms with van der Waals surface area (Å²) in [5, 5.41) is 2.79. The molecule has 0 atom stereocenters. The molecule has 5 nitrogen and oxygen atoms in total. The van der Waals surface area contributed by atoms with Crippen molar-refractivity contribution < 1.29 is 9.53 Å². The molecule has 1 saturated heterocycles. The number of para-hydroxylation sites is 2. The number of likely N-dealkylation sites (tertiary alicyclic amines) is 1. The van der Waals surface area contributed by atoms with Gasteiger partial charge in [0.25, 0.3) is 0 Å². The highest BCUT2D eigenvalue weighted by atomic mass is 16.5. The maximum absolute atomic E-state index is 11.7. The minimum absolute atomic E-state index is 0.114. The van der Waals surface area contributed by atoms with Crippen LogP contribution < -0.4 is 15.8 Å². The molecule has 0 radical (unpaired) electrons. The first kappa shape index (κ1) is 10.8. The fourth-order valence-electron chi connectivity index (χ4n) is 1.62. The highest BCUT2D eigenvalue weighted by molar-refractivity contribution is 5.91. The molecule has 0 aliphatic carbocycles. The highest BCUT2D eigenvalue weighted by Crippen LogP contribution is 2.23. The molecule has 1 fully saturated rings. The minimum Gasteiger partial charge on any atom is -0.495 e. The van der Waals surface area contributed by atoms with Crippen molar-refractivity contribution >= 4 is 11.7 Å². The maximum atomic E-state index is 11.7. The van der Waals surface area contributed by atoms with E-state index in [0.29, 0.717) is 24.5 Å². The molecular formula is C11H15N3O2. The Morgan fingerprint density at radius 3 is 2.81 bits per heavy atom. The Labute approximate surface area is 94.2 Å². The maximum Gasteiger partial charge on any atom is 0.322 e. The zero-order valence-corrected chi connectivity index (χ0v) is 9.14. The normalized spacial score (nSPS) is 15.5. The second kappa shape index (κ2) is 4.40. The first-order valence-electron chi connectivity index (χ1n) is 5.15. The molecular weight excluding hydrogens is 206 g/mol. The Hall–Kier alpha value is -1.75. The number of rotatable bonds is 2. The van der Waals surface area contributed by atoms with Gasteiger partial charge in [0.15, 0.2) is 0 Å². The number of ether oxygens (including phenoxy) is 1. The van der Waals surface area contributed by atoms with E-state index in [1.165, 1.54) is 0 Å². The van der Waals surface area contributed by atoms with Crippen LogP contribution in [-0.4, -0.2) is 37.2 Å². The Kier molecular flexibility index (Phi) is 2.96. The lowest BCUT2D eigenvalue weighted by molar-refractivity contribution is 0.165. The summed E-state index contributed by atoms with van der Waals surface area (Å²) in [4.78, 5) is 13.4. The number of benzene rings is 1. The van der Waals surface area contributed by atoms with Gasteiger partial charge in [0, 0.05) is 19.1 Å². The van der Waals surface area contributed by atoms with Crippen LogP contribution in [0.25, 0.3) is 0 Å². The molecule has 2 amide bonds. The highest BCUT2D eigenvalue weighted by Gasteiger charge is 2.27. The van der Waals surface area contributed by atoms with Crippen LogP contribution in [0, 0.1) is 0 Å². The summed E-state index contributed by atoms with van der Waals surface area (Å²) in [6.07, 6.45) is 0. The van der Waals surface area contributed by atoms with Crippen molar-refractivity contribution in [3.05, 3.63) is 24.3 Å². The third-order valence-electron chi connectivity index (χ3n) is 2.55. The summed E-state index contributed by atoms with van der Waals surface area (Å²) in [5.74, 6) is 0.653. The SMILES string of the molecule is COc1ccccc1NC(=O)N1CC(N)C1. The van der Waals surface area contributed by atoms with Crippen LogP contribution in [0.1, 0.15) is 0 Å². The van der Waals surface area contributed by atoms with Crippen molar-refractivity contribution in [3.8, 4) is 5.75 Å². The molecule has 1 aromatic carbocycles. The summed E-state index contributed by atoms with van der Waals surface area (Å²) >= 11 is 0. The van der Waals surface area contributed by atoms with Crippen molar-refractivity contribution in [2.75, 3.05) is 25.5 Å². The average molecular weight is 221 g/mol. The number of urea groups is 1. The third kappa shape index (κ3) is 2.09. The monoisotopic (exact) mass is 221 g/mol. The van der Waals surface area contributed by atoms with E-state index in [0.717, 1.165) is 0 Å². The molecule has 1 heterocycles. The Bertz CT molecular complexity index is 389. The lowest BCUT2D eigenvalue weighted by Crippen LogP contribution is -2.58. The van der Waals surface area contributed by atoms with E-state index in [1.54, 1.807) is 24.1 Å². The largest absolute Gasteiger partial charge is 0.495 e. The lowest BCUT2D eigenvalue weighted by atomic mass is 10.1. The number of hydrogen-bond acceptors (Lipinski definition) is 3. The van der Waals surface area contributed by atoms with Gasteiger partial charge in [0.05, 0.1) is 12.8 Å². The molecule has 0 unspecified atom stereocenters. The second-order valence-electron chi connectivity index (χ2n) is 3.80. The van der Waals surface area contributed by atoms with Crippen LogP contribution in [-0.2, 0) is 0 Å². The molecule has 0 saturated carbocycles. The van der Waals surface area contributed by atoms with E-state index in [-0.39, 0.29) is 12.1 Å². The van der Waals surface area contributed by atoms with Gasteiger partial charge in [-0.25, -0.2) is 4.79 Å². The van der Waals surface area contributed by atoms with Crippen molar-refractivity contribution in [1.82, 2.24) is 4.90 Å². The smallest absolute Gasteiger partial charge is 0.322 e. The molecule has 2 rings (SSSR count). The van der Waals surface area contributed by atoms with E-state index in [1.807, 2.05) is 12.1 Å². The van der Waals surface area contributed by atoms with Gasteiger partial charge in [0.2, 0.25) is 0 Å². The van der Waals surface area contributed by atoms with Gasteiger partial charge in [0.1, 0.15) is 5.75 Å². The molecule has 1 aliphatic rings. The molecule has 0 spiro atoms. The molecule has 86 valence electrons. The first-order valence-corrected chi connectivity index (χ1v) is 5.15. The summed E-state index contributed by atoms with van der Waals surface area (Å²) in [7, 11) is 1.57. The Morgan fingerprint density at radius 1 is 1.50 bits per heavy atom. The van der Waals surface area contributed by atoms with Crippen molar-refractivity contribution in [2.45, 2.75) is 6.04 Å². The van der Waals surface area contributed by atoms with Crippen LogP contribution in [0.15, 0.2) is 24.3 Å². The lowest BCUT2D eigenvalue weighted by Gasteiger charge is -2.36. The third-order valence-corrected chi connectivity index (χ3v) is 2.55. The number of anilines is 1. The Balaban J connectivity index is 2.00. The number of amides is 2. The zero-order chi connectivity index (χ0) is 11.5. The van der Waals surface area contributed by atoms with Crippen LogP contribution >= 0.6 is 0 Å². The number of methoxy groups -OCH3 is 1. The molecule has 3 N–H and O–H groups in total. The Morgan fingerprint density at radius 2 is 2.19 bits per heavy atom. The zero-order valence-electron chi connectivity index (χ0n) is 9.14. The number of hydrogen-bond donors (Lipinski definition) is 2. The molecule has 1 aromatic rings. The van der Waals surface area contributed by atoms with Gasteiger partial charge in [-0.2, -0.15) is 0 Å². The van der Waals surface area contributed by atoms with E-state index >= 15 is 0 Å². The molecule has 0 bridgehead atoms.